The Morgan fingerprint density at radius 1 is 1.14 bits per heavy atom. The molecule has 1 atom stereocenters. The number of hydrogen-bond acceptors (Lipinski definition) is 7. The van der Waals surface area contributed by atoms with Crippen molar-refractivity contribution in [2.75, 3.05) is 32.1 Å². The normalized spacial score (nSPS) is 17.9. The van der Waals surface area contributed by atoms with Crippen LogP contribution >= 0.6 is 0 Å². The van der Waals surface area contributed by atoms with Gasteiger partial charge in [-0.2, -0.15) is 4.31 Å². The molecule has 0 amide bonds. The average Bonchev–Trinajstić information content (AvgIpc) is 3.10. The lowest BCUT2D eigenvalue weighted by atomic mass is 10.3. The third-order valence-electron chi connectivity index (χ3n) is 4.17. The Kier molecular flexibility index (Phi) is 5.85. The van der Waals surface area contributed by atoms with E-state index in [1.807, 2.05) is 14.1 Å². The molecular formula is C17H19F3N4O4S. The zero-order valence-corrected chi connectivity index (χ0v) is 16.4. The van der Waals surface area contributed by atoms with Gasteiger partial charge in [0.2, 0.25) is 15.9 Å². The van der Waals surface area contributed by atoms with Crippen molar-refractivity contribution in [2.24, 2.45) is 0 Å². The second-order valence-electron chi connectivity index (χ2n) is 6.51. The second-order valence-corrected chi connectivity index (χ2v) is 8.42. The summed E-state index contributed by atoms with van der Waals surface area (Å²) in [6.07, 6.45) is -5.14. The van der Waals surface area contributed by atoms with Crippen LogP contribution in [0.2, 0.25) is 0 Å². The van der Waals surface area contributed by atoms with Gasteiger partial charge >= 0.3 is 6.36 Å². The van der Waals surface area contributed by atoms with E-state index < -0.39 is 33.1 Å². The summed E-state index contributed by atoms with van der Waals surface area (Å²) in [6, 6.07) is 7.97. The molecule has 12 heteroatoms. The van der Waals surface area contributed by atoms with Crippen molar-refractivity contribution in [1.82, 2.24) is 14.5 Å². The lowest BCUT2D eigenvalue weighted by Crippen LogP contribution is -2.32. The van der Waals surface area contributed by atoms with Crippen LogP contribution in [0.3, 0.4) is 0 Å². The molecule has 1 fully saturated rings. The van der Waals surface area contributed by atoms with Crippen molar-refractivity contribution >= 4 is 15.8 Å². The van der Waals surface area contributed by atoms with E-state index in [2.05, 4.69) is 14.9 Å². The average molecular weight is 432 g/mol. The predicted molar refractivity (Wildman–Crippen MR) is 97.3 cm³/mol. The number of ether oxygens (including phenoxy) is 2. The summed E-state index contributed by atoms with van der Waals surface area (Å²) in [5.41, 5.74) is 0. The largest absolute Gasteiger partial charge is 0.573 e. The maximum atomic E-state index is 12.8. The van der Waals surface area contributed by atoms with E-state index in [0.717, 1.165) is 16.4 Å². The highest BCUT2D eigenvalue weighted by Crippen LogP contribution is 2.33. The number of benzene rings is 1. The Hall–Kier alpha value is -2.60. The van der Waals surface area contributed by atoms with Crippen LogP contribution in [0.4, 0.5) is 19.0 Å². The monoisotopic (exact) mass is 432 g/mol. The number of nitrogens with zero attached hydrogens (tertiary/aromatic N) is 4. The number of alkyl halides is 3. The Balaban J connectivity index is 1.72. The van der Waals surface area contributed by atoms with Gasteiger partial charge in [-0.1, -0.05) is 12.1 Å². The lowest BCUT2D eigenvalue weighted by molar-refractivity contribution is -0.275. The van der Waals surface area contributed by atoms with Crippen LogP contribution in [0.25, 0.3) is 0 Å². The number of aromatic nitrogens is 2. The summed E-state index contributed by atoms with van der Waals surface area (Å²) in [5.74, 6) is 0.101. The number of sulfonamides is 1. The fraction of sp³-hybridized carbons (Fsp3) is 0.412. The standard InChI is InChI=1S/C17H19F3N4O4S/c1-23(2)15-7-8-16(22-21-15)27-12-9-10-24(11-12)29(25,26)14-6-4-3-5-13(14)28-17(18,19)20/h3-8,12H,9-11H2,1-2H3. The Bertz CT molecular complexity index is 952. The minimum absolute atomic E-state index is 0.0280. The molecule has 0 spiro atoms. The number of halogens is 3. The van der Waals surface area contributed by atoms with Crippen molar-refractivity contribution in [2.45, 2.75) is 23.8 Å². The van der Waals surface area contributed by atoms with E-state index in [9.17, 15) is 21.6 Å². The van der Waals surface area contributed by atoms with Gasteiger partial charge in [0, 0.05) is 26.7 Å². The van der Waals surface area contributed by atoms with Crippen LogP contribution in [0.5, 0.6) is 11.6 Å². The first-order chi connectivity index (χ1) is 13.6. The molecule has 1 aliphatic rings. The van der Waals surface area contributed by atoms with Crippen molar-refractivity contribution in [3.63, 3.8) is 0 Å². The van der Waals surface area contributed by atoms with Crippen LogP contribution in [0, 0.1) is 0 Å². The first-order valence-electron chi connectivity index (χ1n) is 8.59. The van der Waals surface area contributed by atoms with Gasteiger partial charge in [-0.25, -0.2) is 8.42 Å². The number of para-hydroxylation sites is 1. The van der Waals surface area contributed by atoms with Crippen molar-refractivity contribution < 1.29 is 31.1 Å². The minimum Gasteiger partial charge on any atom is -0.472 e. The van der Waals surface area contributed by atoms with E-state index in [1.54, 1.807) is 17.0 Å². The molecule has 0 bridgehead atoms. The van der Waals surface area contributed by atoms with Crippen LogP contribution in [-0.4, -0.2) is 62.6 Å². The Morgan fingerprint density at radius 3 is 2.48 bits per heavy atom. The van der Waals surface area contributed by atoms with Crippen molar-refractivity contribution in [3.8, 4) is 11.6 Å². The fourth-order valence-electron chi connectivity index (χ4n) is 2.81. The maximum Gasteiger partial charge on any atom is 0.573 e. The van der Waals surface area contributed by atoms with Gasteiger partial charge in [0.15, 0.2) is 5.82 Å². The molecule has 0 radical (unpaired) electrons. The molecule has 0 saturated carbocycles. The molecule has 1 aromatic carbocycles. The quantitative estimate of drug-likeness (QED) is 0.692. The van der Waals surface area contributed by atoms with Crippen LogP contribution < -0.4 is 14.4 Å². The van der Waals surface area contributed by atoms with E-state index in [1.165, 1.54) is 12.1 Å². The van der Waals surface area contributed by atoms with Crippen LogP contribution in [0.1, 0.15) is 6.42 Å². The first kappa shape index (κ1) is 21.1. The summed E-state index contributed by atoms with van der Waals surface area (Å²) in [4.78, 5) is 1.22. The second kappa shape index (κ2) is 8.03. The van der Waals surface area contributed by atoms with Gasteiger partial charge in [0.1, 0.15) is 16.7 Å². The SMILES string of the molecule is CN(C)c1ccc(OC2CCN(S(=O)(=O)c3ccccc3OC(F)(F)F)C2)nn1. The fourth-order valence-corrected chi connectivity index (χ4v) is 4.41. The third-order valence-corrected chi connectivity index (χ3v) is 6.08. The summed E-state index contributed by atoms with van der Waals surface area (Å²) >= 11 is 0. The first-order valence-corrected chi connectivity index (χ1v) is 10.0. The highest BCUT2D eigenvalue weighted by atomic mass is 32.2. The van der Waals surface area contributed by atoms with E-state index >= 15 is 0 Å². The molecule has 2 aromatic rings. The van der Waals surface area contributed by atoms with Crippen LogP contribution in [0.15, 0.2) is 41.3 Å². The molecule has 1 unspecified atom stereocenters. The van der Waals surface area contributed by atoms with Gasteiger partial charge in [-0.3, -0.25) is 0 Å². The molecule has 8 nitrogen and oxygen atoms in total. The Morgan fingerprint density at radius 2 is 1.86 bits per heavy atom. The number of anilines is 1. The molecule has 0 aliphatic carbocycles. The lowest BCUT2D eigenvalue weighted by Gasteiger charge is -2.19. The molecule has 158 valence electrons. The number of hydrogen-bond donors (Lipinski definition) is 0. The van der Waals surface area contributed by atoms with Crippen molar-refractivity contribution in [1.29, 1.82) is 0 Å². The smallest absolute Gasteiger partial charge is 0.472 e. The third kappa shape index (κ3) is 5.07. The van der Waals surface area contributed by atoms with Crippen molar-refractivity contribution in [3.05, 3.63) is 36.4 Å². The summed E-state index contributed by atoms with van der Waals surface area (Å²) in [7, 11) is -0.579. The van der Waals surface area contributed by atoms with Gasteiger partial charge in [-0.05, 0) is 24.6 Å². The van der Waals surface area contributed by atoms with E-state index in [-0.39, 0.29) is 19.0 Å². The minimum atomic E-state index is -5.00. The zero-order chi connectivity index (χ0) is 21.2. The molecule has 1 aliphatic heterocycles. The van der Waals surface area contributed by atoms with Gasteiger partial charge in [-0.15, -0.1) is 23.4 Å². The summed E-state index contributed by atoms with van der Waals surface area (Å²) in [5, 5.41) is 7.91. The van der Waals surface area contributed by atoms with Crippen LogP contribution in [-0.2, 0) is 10.0 Å². The molecule has 1 aromatic heterocycles. The highest BCUT2D eigenvalue weighted by molar-refractivity contribution is 7.89. The van der Waals surface area contributed by atoms with E-state index in [4.69, 9.17) is 4.74 Å². The van der Waals surface area contributed by atoms with Gasteiger partial charge in [0.25, 0.3) is 0 Å². The molecule has 3 rings (SSSR count). The predicted octanol–water partition coefficient (Wildman–Crippen LogP) is 2.28. The van der Waals surface area contributed by atoms with E-state index in [0.29, 0.717) is 12.2 Å². The Labute approximate surface area is 165 Å². The van der Waals surface area contributed by atoms with Gasteiger partial charge in [0.05, 0.1) is 6.54 Å². The summed E-state index contributed by atoms with van der Waals surface area (Å²) in [6.45, 7) is 0.0658. The van der Waals surface area contributed by atoms with Gasteiger partial charge < -0.3 is 14.4 Å². The molecule has 1 saturated heterocycles. The molecule has 0 N–H and O–H groups in total. The zero-order valence-electron chi connectivity index (χ0n) is 15.6. The topological polar surface area (TPSA) is 84.9 Å². The maximum absolute atomic E-state index is 12.8. The molecule has 2 heterocycles. The number of rotatable bonds is 6. The summed E-state index contributed by atoms with van der Waals surface area (Å²) < 4.78 is 74.1. The molecule has 29 heavy (non-hydrogen) atoms. The highest BCUT2D eigenvalue weighted by Gasteiger charge is 2.38. The molecular weight excluding hydrogens is 413 g/mol.